The predicted molar refractivity (Wildman–Crippen MR) is 111 cm³/mol. The first-order valence-corrected chi connectivity index (χ1v) is 10.3. The minimum atomic E-state index is -4.62. The Bertz CT molecular complexity index is 1320. The van der Waals surface area contributed by atoms with Gasteiger partial charge in [-0.25, -0.2) is 14.3 Å². The standard InChI is InChI=1S/C20H18F3N5O3S/c1-5-31-19(29)15-17(30-4)25-18(32-15)11-6-7-28-13(8-11)12(9-24-28)14-10(2)27(3)26-16(14)20(21,22)23/h6-9H,5H2,1-4H3. The molecule has 0 unspecified atom stereocenters. The van der Waals surface area contributed by atoms with E-state index in [9.17, 15) is 18.0 Å². The van der Waals surface area contributed by atoms with Crippen LogP contribution in [0.3, 0.4) is 0 Å². The summed E-state index contributed by atoms with van der Waals surface area (Å²) in [6.07, 6.45) is -1.62. The quantitative estimate of drug-likeness (QED) is 0.407. The van der Waals surface area contributed by atoms with Crippen molar-refractivity contribution in [2.45, 2.75) is 20.0 Å². The number of fused-ring (bicyclic) bond motifs is 1. The summed E-state index contributed by atoms with van der Waals surface area (Å²) in [6.45, 7) is 3.46. The van der Waals surface area contributed by atoms with Crippen molar-refractivity contribution in [2.75, 3.05) is 13.7 Å². The lowest BCUT2D eigenvalue weighted by atomic mass is 10.0. The summed E-state index contributed by atoms with van der Waals surface area (Å²) in [5, 5.41) is 8.31. The van der Waals surface area contributed by atoms with Gasteiger partial charge in [0.25, 0.3) is 0 Å². The van der Waals surface area contributed by atoms with Gasteiger partial charge in [0.2, 0.25) is 5.88 Å². The first kappa shape index (κ1) is 21.8. The van der Waals surface area contributed by atoms with Crippen LogP contribution in [-0.4, -0.2) is 44.1 Å². The number of rotatable bonds is 5. The number of ether oxygens (including phenoxy) is 2. The molecule has 0 radical (unpaired) electrons. The molecule has 0 aromatic carbocycles. The lowest BCUT2D eigenvalue weighted by Crippen LogP contribution is -2.08. The molecule has 0 atom stereocenters. The van der Waals surface area contributed by atoms with Gasteiger partial charge in [-0.1, -0.05) is 0 Å². The van der Waals surface area contributed by atoms with Gasteiger partial charge in [-0.3, -0.25) is 4.68 Å². The third kappa shape index (κ3) is 3.60. The van der Waals surface area contributed by atoms with E-state index in [1.165, 1.54) is 29.6 Å². The molecule has 0 fully saturated rings. The number of pyridine rings is 1. The highest BCUT2D eigenvalue weighted by molar-refractivity contribution is 7.17. The number of hydrogen-bond donors (Lipinski definition) is 0. The maximum absolute atomic E-state index is 13.6. The minimum absolute atomic E-state index is 0.0314. The van der Waals surface area contributed by atoms with Crippen LogP contribution in [0.4, 0.5) is 13.2 Å². The molecule has 4 aromatic rings. The molecule has 0 N–H and O–H groups in total. The fourth-order valence-electron chi connectivity index (χ4n) is 3.33. The minimum Gasteiger partial charge on any atom is -0.480 e. The Hall–Kier alpha value is -3.41. The number of carbonyl (C=O) groups is 1. The number of halogens is 3. The van der Waals surface area contributed by atoms with Crippen LogP contribution in [0.1, 0.15) is 28.0 Å². The summed E-state index contributed by atoms with van der Waals surface area (Å²) in [6, 6.07) is 3.37. The molecule has 0 aliphatic rings. The van der Waals surface area contributed by atoms with Crippen molar-refractivity contribution in [3.8, 4) is 27.6 Å². The number of hydrogen-bond acceptors (Lipinski definition) is 7. The Morgan fingerprint density at radius 2 is 2.06 bits per heavy atom. The predicted octanol–water partition coefficient (Wildman–Crippen LogP) is 4.37. The number of aryl methyl sites for hydroxylation is 1. The largest absolute Gasteiger partial charge is 0.480 e. The topological polar surface area (TPSA) is 83.5 Å². The number of methoxy groups -OCH3 is 1. The summed E-state index contributed by atoms with van der Waals surface area (Å²) in [5.41, 5.74) is 0.676. The number of nitrogens with zero attached hydrogens (tertiary/aromatic N) is 5. The van der Waals surface area contributed by atoms with Gasteiger partial charge in [0.15, 0.2) is 10.6 Å². The van der Waals surface area contributed by atoms with Crippen LogP contribution in [-0.2, 0) is 18.0 Å². The summed E-state index contributed by atoms with van der Waals surface area (Å²) >= 11 is 1.08. The monoisotopic (exact) mass is 465 g/mol. The molecule has 0 amide bonds. The Morgan fingerprint density at radius 1 is 1.31 bits per heavy atom. The Morgan fingerprint density at radius 3 is 2.72 bits per heavy atom. The molecule has 0 aliphatic carbocycles. The molecular weight excluding hydrogens is 447 g/mol. The molecule has 0 saturated carbocycles. The molecule has 0 aliphatic heterocycles. The van der Waals surface area contributed by atoms with Gasteiger partial charge in [-0.05, 0) is 26.0 Å². The molecule has 12 heteroatoms. The summed E-state index contributed by atoms with van der Waals surface area (Å²) < 4.78 is 53.8. The van der Waals surface area contributed by atoms with E-state index in [0.29, 0.717) is 27.3 Å². The van der Waals surface area contributed by atoms with Gasteiger partial charge < -0.3 is 9.47 Å². The van der Waals surface area contributed by atoms with Gasteiger partial charge >= 0.3 is 12.1 Å². The number of thiazole rings is 1. The molecule has 168 valence electrons. The molecule has 0 saturated heterocycles. The van der Waals surface area contributed by atoms with E-state index in [0.717, 1.165) is 11.3 Å². The first-order chi connectivity index (χ1) is 15.2. The van der Waals surface area contributed by atoms with E-state index in [1.807, 2.05) is 0 Å². The van der Waals surface area contributed by atoms with E-state index in [1.54, 1.807) is 32.2 Å². The van der Waals surface area contributed by atoms with Crippen molar-refractivity contribution >= 4 is 22.8 Å². The van der Waals surface area contributed by atoms with Crippen LogP contribution in [0.5, 0.6) is 5.88 Å². The van der Waals surface area contributed by atoms with Gasteiger partial charge in [0.1, 0.15) is 5.01 Å². The number of carbonyl (C=O) groups excluding carboxylic acids is 1. The number of alkyl halides is 3. The summed E-state index contributed by atoms with van der Waals surface area (Å²) in [4.78, 5) is 16.7. The zero-order valence-electron chi connectivity index (χ0n) is 17.5. The molecule has 4 heterocycles. The Kier molecular flexibility index (Phi) is 5.41. The second kappa shape index (κ2) is 7.93. The summed E-state index contributed by atoms with van der Waals surface area (Å²) in [5.74, 6) is -0.431. The van der Waals surface area contributed by atoms with Crippen molar-refractivity contribution in [2.24, 2.45) is 7.05 Å². The van der Waals surface area contributed by atoms with Crippen molar-refractivity contribution in [3.63, 3.8) is 0 Å². The average molecular weight is 465 g/mol. The number of aromatic nitrogens is 5. The first-order valence-electron chi connectivity index (χ1n) is 9.46. The molecule has 32 heavy (non-hydrogen) atoms. The van der Waals surface area contributed by atoms with Crippen LogP contribution in [0.2, 0.25) is 0 Å². The van der Waals surface area contributed by atoms with Crippen LogP contribution in [0, 0.1) is 6.92 Å². The molecule has 0 bridgehead atoms. The molecular formula is C20H18F3N5O3S. The van der Waals surface area contributed by atoms with E-state index >= 15 is 0 Å². The second-order valence-corrected chi connectivity index (χ2v) is 7.81. The van der Waals surface area contributed by atoms with Crippen molar-refractivity contribution in [3.05, 3.63) is 40.8 Å². The molecule has 0 spiro atoms. The highest BCUT2D eigenvalue weighted by Crippen LogP contribution is 2.40. The Labute approximate surface area is 184 Å². The zero-order chi connectivity index (χ0) is 23.2. The SMILES string of the molecule is CCOC(=O)c1sc(-c2ccn3ncc(-c4c(C(F)(F)F)nn(C)c4C)c3c2)nc1OC. The third-order valence-electron chi connectivity index (χ3n) is 4.89. The van der Waals surface area contributed by atoms with Gasteiger partial charge in [0.05, 0.1) is 25.4 Å². The van der Waals surface area contributed by atoms with E-state index in [4.69, 9.17) is 9.47 Å². The molecule has 8 nitrogen and oxygen atoms in total. The third-order valence-corrected chi connectivity index (χ3v) is 5.96. The van der Waals surface area contributed by atoms with E-state index in [2.05, 4.69) is 15.2 Å². The van der Waals surface area contributed by atoms with Gasteiger partial charge in [0, 0.05) is 35.6 Å². The smallest absolute Gasteiger partial charge is 0.435 e. The lowest BCUT2D eigenvalue weighted by molar-refractivity contribution is -0.140. The van der Waals surface area contributed by atoms with Crippen LogP contribution >= 0.6 is 11.3 Å². The van der Waals surface area contributed by atoms with E-state index < -0.39 is 17.8 Å². The van der Waals surface area contributed by atoms with Crippen LogP contribution in [0.25, 0.3) is 27.2 Å². The Balaban J connectivity index is 1.87. The van der Waals surface area contributed by atoms with Crippen LogP contribution in [0.15, 0.2) is 24.5 Å². The highest BCUT2D eigenvalue weighted by Gasteiger charge is 2.39. The van der Waals surface area contributed by atoms with E-state index in [-0.39, 0.29) is 22.9 Å². The molecule has 4 rings (SSSR count). The second-order valence-electron chi connectivity index (χ2n) is 6.81. The average Bonchev–Trinajstić information content (AvgIpc) is 3.43. The maximum Gasteiger partial charge on any atom is 0.435 e. The van der Waals surface area contributed by atoms with Crippen molar-refractivity contribution < 1.29 is 27.4 Å². The lowest BCUT2D eigenvalue weighted by Gasteiger charge is -2.07. The van der Waals surface area contributed by atoms with Crippen LogP contribution < -0.4 is 4.74 Å². The van der Waals surface area contributed by atoms with Crippen molar-refractivity contribution in [1.82, 2.24) is 24.4 Å². The van der Waals surface area contributed by atoms with Gasteiger partial charge in [-0.2, -0.15) is 23.4 Å². The summed E-state index contributed by atoms with van der Waals surface area (Å²) in [7, 11) is 2.85. The zero-order valence-corrected chi connectivity index (χ0v) is 18.3. The maximum atomic E-state index is 13.6. The highest BCUT2D eigenvalue weighted by atomic mass is 32.1. The number of esters is 1. The fourth-order valence-corrected chi connectivity index (χ4v) is 4.25. The van der Waals surface area contributed by atoms with Crippen molar-refractivity contribution in [1.29, 1.82) is 0 Å². The fraction of sp³-hybridized carbons (Fsp3) is 0.300. The molecule has 4 aromatic heterocycles. The normalized spacial score (nSPS) is 11.8. The van der Waals surface area contributed by atoms with Gasteiger partial charge in [-0.15, -0.1) is 11.3 Å².